The Labute approximate surface area is 169 Å². The summed E-state index contributed by atoms with van der Waals surface area (Å²) in [6.07, 6.45) is -4.57. The number of halogens is 4. The van der Waals surface area contributed by atoms with Gasteiger partial charge in [0.05, 0.1) is 35.1 Å². The number of fused-ring (bicyclic) bond motifs is 1. The standard InChI is InChI=1S/C21H15ClF3N3O/c1-12-19-17(21(23,24)25)11-18(13-5-3-8-16(9-13)29-2)26-20(19)28(27-12)15-7-4-6-14(22)10-15/h3-11H,1-2H3. The second-order valence-electron chi connectivity index (χ2n) is 6.46. The van der Waals surface area contributed by atoms with Crippen molar-refractivity contribution in [3.8, 4) is 22.7 Å². The van der Waals surface area contributed by atoms with Crippen LogP contribution in [0.5, 0.6) is 5.75 Å². The first kappa shape index (κ1) is 19.3. The molecule has 0 radical (unpaired) electrons. The van der Waals surface area contributed by atoms with E-state index in [4.69, 9.17) is 16.3 Å². The maximum atomic E-state index is 13.9. The van der Waals surface area contributed by atoms with Crippen LogP contribution in [0.2, 0.25) is 5.02 Å². The van der Waals surface area contributed by atoms with Crippen LogP contribution in [0.4, 0.5) is 13.2 Å². The monoisotopic (exact) mass is 417 g/mol. The summed E-state index contributed by atoms with van der Waals surface area (Å²) in [7, 11) is 1.49. The minimum absolute atomic E-state index is 0.0379. The SMILES string of the molecule is COc1cccc(-c2cc(C(F)(F)F)c3c(C)nn(-c4cccc(Cl)c4)c3n2)c1. The van der Waals surface area contributed by atoms with Crippen molar-refractivity contribution in [2.45, 2.75) is 13.1 Å². The molecule has 2 aromatic heterocycles. The smallest absolute Gasteiger partial charge is 0.417 e. The van der Waals surface area contributed by atoms with Crippen LogP contribution >= 0.6 is 11.6 Å². The molecule has 0 bridgehead atoms. The van der Waals surface area contributed by atoms with E-state index in [1.165, 1.54) is 18.7 Å². The van der Waals surface area contributed by atoms with E-state index in [-0.39, 0.29) is 22.4 Å². The fraction of sp³-hybridized carbons (Fsp3) is 0.143. The second-order valence-corrected chi connectivity index (χ2v) is 6.90. The number of aryl methyl sites for hydroxylation is 1. The number of nitrogens with zero attached hydrogens (tertiary/aromatic N) is 3. The van der Waals surface area contributed by atoms with Crippen LogP contribution in [0.15, 0.2) is 54.6 Å². The number of ether oxygens (including phenoxy) is 1. The Kier molecular flexibility index (Phi) is 4.70. The van der Waals surface area contributed by atoms with Crippen molar-refractivity contribution in [2.75, 3.05) is 7.11 Å². The lowest BCUT2D eigenvalue weighted by Gasteiger charge is -2.12. The highest BCUT2D eigenvalue weighted by Crippen LogP contribution is 2.39. The number of aromatic nitrogens is 3. The lowest BCUT2D eigenvalue weighted by Crippen LogP contribution is -2.08. The number of benzene rings is 2. The minimum Gasteiger partial charge on any atom is -0.497 e. The highest BCUT2D eigenvalue weighted by molar-refractivity contribution is 6.30. The molecule has 0 atom stereocenters. The van der Waals surface area contributed by atoms with E-state index in [1.54, 1.807) is 48.5 Å². The van der Waals surface area contributed by atoms with Gasteiger partial charge in [0.15, 0.2) is 5.65 Å². The normalized spacial score (nSPS) is 11.8. The topological polar surface area (TPSA) is 39.9 Å². The van der Waals surface area contributed by atoms with E-state index in [9.17, 15) is 13.2 Å². The molecule has 0 N–H and O–H groups in total. The molecule has 0 aliphatic rings. The Balaban J connectivity index is 2.05. The molecule has 4 rings (SSSR count). The number of hydrogen-bond acceptors (Lipinski definition) is 3. The highest BCUT2D eigenvalue weighted by Gasteiger charge is 2.35. The van der Waals surface area contributed by atoms with E-state index in [0.717, 1.165) is 6.07 Å². The zero-order valence-electron chi connectivity index (χ0n) is 15.5. The third kappa shape index (κ3) is 3.53. The van der Waals surface area contributed by atoms with Gasteiger partial charge in [-0.2, -0.15) is 18.3 Å². The van der Waals surface area contributed by atoms with E-state index in [1.807, 2.05) is 0 Å². The summed E-state index contributed by atoms with van der Waals surface area (Å²) in [6, 6.07) is 14.5. The lowest BCUT2D eigenvalue weighted by atomic mass is 10.0. The van der Waals surface area contributed by atoms with Crippen molar-refractivity contribution in [3.05, 3.63) is 70.9 Å². The van der Waals surface area contributed by atoms with E-state index in [0.29, 0.717) is 22.0 Å². The molecule has 2 aromatic carbocycles. The Morgan fingerprint density at radius 2 is 1.79 bits per heavy atom. The molecule has 0 spiro atoms. The lowest BCUT2D eigenvalue weighted by molar-refractivity contribution is -0.136. The average molecular weight is 418 g/mol. The number of hydrogen-bond donors (Lipinski definition) is 0. The molecular formula is C21H15ClF3N3O. The van der Waals surface area contributed by atoms with Crippen molar-refractivity contribution < 1.29 is 17.9 Å². The van der Waals surface area contributed by atoms with Crippen LogP contribution in [0.1, 0.15) is 11.3 Å². The van der Waals surface area contributed by atoms with E-state index < -0.39 is 11.7 Å². The number of alkyl halides is 3. The van der Waals surface area contributed by atoms with Gasteiger partial charge in [0, 0.05) is 10.6 Å². The second kappa shape index (κ2) is 7.08. The molecular weight excluding hydrogens is 403 g/mol. The van der Waals surface area contributed by atoms with Crippen LogP contribution in [0, 0.1) is 6.92 Å². The molecule has 0 unspecified atom stereocenters. The maximum Gasteiger partial charge on any atom is 0.417 e. The fourth-order valence-electron chi connectivity index (χ4n) is 3.23. The van der Waals surface area contributed by atoms with Gasteiger partial charge in [0.1, 0.15) is 5.75 Å². The zero-order valence-corrected chi connectivity index (χ0v) is 16.2. The first-order valence-corrected chi connectivity index (χ1v) is 9.03. The number of methoxy groups -OCH3 is 1. The largest absolute Gasteiger partial charge is 0.497 e. The van der Waals surface area contributed by atoms with E-state index in [2.05, 4.69) is 10.1 Å². The number of pyridine rings is 1. The van der Waals surface area contributed by atoms with Crippen molar-refractivity contribution in [1.82, 2.24) is 14.8 Å². The first-order chi connectivity index (χ1) is 13.8. The van der Waals surface area contributed by atoms with Crippen molar-refractivity contribution >= 4 is 22.6 Å². The molecule has 0 saturated heterocycles. The summed E-state index contributed by atoms with van der Waals surface area (Å²) in [5.41, 5.74) is 0.764. The van der Waals surface area contributed by atoms with Gasteiger partial charge in [-0.15, -0.1) is 0 Å². The molecule has 0 fully saturated rings. The highest BCUT2D eigenvalue weighted by atomic mass is 35.5. The van der Waals surface area contributed by atoms with Crippen LogP contribution in [-0.2, 0) is 6.18 Å². The first-order valence-electron chi connectivity index (χ1n) is 8.66. The quantitative estimate of drug-likeness (QED) is 0.405. The van der Waals surface area contributed by atoms with Crippen LogP contribution < -0.4 is 4.74 Å². The number of rotatable bonds is 3. The summed E-state index contributed by atoms with van der Waals surface area (Å²) < 4.78 is 48.3. The van der Waals surface area contributed by atoms with E-state index >= 15 is 0 Å². The van der Waals surface area contributed by atoms with Crippen molar-refractivity contribution in [1.29, 1.82) is 0 Å². The summed E-state index contributed by atoms with van der Waals surface area (Å²) in [4.78, 5) is 4.52. The average Bonchev–Trinajstić information content (AvgIpc) is 3.03. The minimum atomic E-state index is -4.57. The Hall–Kier alpha value is -3.06. The van der Waals surface area contributed by atoms with Crippen LogP contribution in [0.25, 0.3) is 28.0 Å². The van der Waals surface area contributed by atoms with Gasteiger partial charge in [0.2, 0.25) is 0 Å². The predicted octanol–water partition coefficient (Wildman–Crippen LogP) is 6.08. The third-order valence-electron chi connectivity index (χ3n) is 4.54. The maximum absolute atomic E-state index is 13.9. The van der Waals surface area contributed by atoms with Gasteiger partial charge < -0.3 is 4.74 Å². The zero-order chi connectivity index (χ0) is 20.8. The molecule has 8 heteroatoms. The fourth-order valence-corrected chi connectivity index (χ4v) is 3.42. The molecule has 2 heterocycles. The molecule has 0 aliphatic heterocycles. The molecule has 4 nitrogen and oxygen atoms in total. The molecule has 0 saturated carbocycles. The molecule has 0 aliphatic carbocycles. The van der Waals surface area contributed by atoms with Gasteiger partial charge in [-0.1, -0.05) is 29.8 Å². The van der Waals surface area contributed by atoms with Crippen molar-refractivity contribution in [2.24, 2.45) is 0 Å². The van der Waals surface area contributed by atoms with Gasteiger partial charge in [-0.25, -0.2) is 9.67 Å². The Morgan fingerprint density at radius 1 is 1.03 bits per heavy atom. The van der Waals surface area contributed by atoms with Gasteiger partial charge in [-0.05, 0) is 43.3 Å². The van der Waals surface area contributed by atoms with Crippen molar-refractivity contribution in [3.63, 3.8) is 0 Å². The van der Waals surface area contributed by atoms with Gasteiger partial charge in [0.25, 0.3) is 0 Å². The summed E-state index contributed by atoms with van der Waals surface area (Å²) in [5, 5.41) is 4.72. The summed E-state index contributed by atoms with van der Waals surface area (Å²) in [6.45, 7) is 1.53. The third-order valence-corrected chi connectivity index (χ3v) is 4.77. The summed E-state index contributed by atoms with van der Waals surface area (Å²) >= 11 is 6.06. The molecule has 4 aromatic rings. The van der Waals surface area contributed by atoms with Gasteiger partial charge >= 0.3 is 6.18 Å². The molecule has 148 valence electrons. The Morgan fingerprint density at radius 3 is 2.48 bits per heavy atom. The predicted molar refractivity (Wildman–Crippen MR) is 106 cm³/mol. The van der Waals surface area contributed by atoms with Crippen LogP contribution in [0.3, 0.4) is 0 Å². The summed E-state index contributed by atoms with van der Waals surface area (Å²) in [5.74, 6) is 0.525. The Bertz CT molecular complexity index is 1220. The molecule has 29 heavy (non-hydrogen) atoms. The molecule has 0 amide bonds. The van der Waals surface area contributed by atoms with Crippen LogP contribution in [-0.4, -0.2) is 21.9 Å². The van der Waals surface area contributed by atoms with Gasteiger partial charge in [-0.3, -0.25) is 0 Å².